The maximum absolute atomic E-state index is 12.2. The van der Waals surface area contributed by atoms with Gasteiger partial charge in [0.15, 0.2) is 5.75 Å². The molecule has 0 fully saturated rings. The van der Waals surface area contributed by atoms with Crippen molar-refractivity contribution in [2.75, 3.05) is 5.32 Å². The maximum atomic E-state index is 12.2. The summed E-state index contributed by atoms with van der Waals surface area (Å²) in [5, 5.41) is 12.8. The normalized spacial score (nSPS) is 10.4. The molecule has 2 aromatic rings. The van der Waals surface area contributed by atoms with Crippen molar-refractivity contribution in [3.63, 3.8) is 0 Å². The third-order valence-electron chi connectivity index (χ3n) is 2.79. The smallest absolute Gasteiger partial charge is 0.255 e. The molecular formula is C14H10Cl3NO2. The Morgan fingerprint density at radius 3 is 2.30 bits per heavy atom. The van der Waals surface area contributed by atoms with E-state index in [9.17, 15) is 9.90 Å². The van der Waals surface area contributed by atoms with Crippen LogP contribution < -0.4 is 5.32 Å². The maximum Gasteiger partial charge on any atom is 0.255 e. The Labute approximate surface area is 131 Å². The van der Waals surface area contributed by atoms with E-state index in [2.05, 4.69) is 5.32 Å². The number of amides is 1. The molecular weight excluding hydrogens is 321 g/mol. The number of benzene rings is 2. The lowest BCUT2D eigenvalue weighted by molar-refractivity contribution is 0.102. The number of aromatic hydroxyl groups is 1. The summed E-state index contributed by atoms with van der Waals surface area (Å²) in [5.41, 5.74) is 1.53. The molecule has 0 bridgehead atoms. The predicted octanol–water partition coefficient (Wildman–Crippen LogP) is 4.91. The van der Waals surface area contributed by atoms with Crippen molar-refractivity contribution in [1.29, 1.82) is 0 Å². The lowest BCUT2D eigenvalue weighted by atomic mass is 10.1. The van der Waals surface area contributed by atoms with Gasteiger partial charge >= 0.3 is 0 Å². The van der Waals surface area contributed by atoms with Gasteiger partial charge in [0.05, 0.1) is 10.0 Å². The van der Waals surface area contributed by atoms with Crippen molar-refractivity contribution in [1.82, 2.24) is 0 Å². The number of nitrogens with one attached hydrogen (secondary N) is 1. The SMILES string of the molecule is Cc1c(Cl)cccc1C(=O)Nc1cc(Cl)c(O)c(Cl)c1. The van der Waals surface area contributed by atoms with Crippen molar-refractivity contribution >= 4 is 46.4 Å². The summed E-state index contributed by atoms with van der Waals surface area (Å²) < 4.78 is 0. The van der Waals surface area contributed by atoms with E-state index in [1.54, 1.807) is 25.1 Å². The first-order chi connectivity index (χ1) is 9.40. The lowest BCUT2D eigenvalue weighted by Crippen LogP contribution is -2.13. The molecule has 2 rings (SSSR count). The van der Waals surface area contributed by atoms with E-state index in [-0.39, 0.29) is 21.7 Å². The molecule has 0 aromatic heterocycles. The highest BCUT2D eigenvalue weighted by Crippen LogP contribution is 2.34. The molecule has 0 unspecified atom stereocenters. The molecule has 104 valence electrons. The van der Waals surface area contributed by atoms with Crippen LogP contribution in [0.2, 0.25) is 15.1 Å². The highest BCUT2D eigenvalue weighted by atomic mass is 35.5. The largest absolute Gasteiger partial charge is 0.505 e. The number of rotatable bonds is 2. The molecule has 3 nitrogen and oxygen atoms in total. The minimum atomic E-state index is -0.331. The molecule has 2 aromatic carbocycles. The molecule has 0 aliphatic carbocycles. The first-order valence-corrected chi connectivity index (χ1v) is 6.78. The molecule has 2 N–H and O–H groups in total. The third-order valence-corrected chi connectivity index (χ3v) is 3.77. The van der Waals surface area contributed by atoms with Crippen molar-refractivity contribution < 1.29 is 9.90 Å². The topological polar surface area (TPSA) is 49.3 Å². The van der Waals surface area contributed by atoms with E-state index >= 15 is 0 Å². The van der Waals surface area contributed by atoms with Gasteiger partial charge in [-0.2, -0.15) is 0 Å². The number of phenols is 1. The first kappa shape index (κ1) is 15.0. The second-order valence-corrected chi connectivity index (χ2v) is 5.38. The van der Waals surface area contributed by atoms with Crippen LogP contribution in [0.5, 0.6) is 5.75 Å². The second-order valence-electron chi connectivity index (χ2n) is 4.16. The molecule has 0 spiro atoms. The lowest BCUT2D eigenvalue weighted by Gasteiger charge is -2.10. The highest BCUT2D eigenvalue weighted by Gasteiger charge is 2.13. The molecule has 1 amide bonds. The summed E-state index contributed by atoms with van der Waals surface area (Å²) in [6, 6.07) is 7.91. The Hall–Kier alpha value is -1.42. The minimum Gasteiger partial charge on any atom is -0.505 e. The van der Waals surface area contributed by atoms with Crippen LogP contribution >= 0.6 is 34.8 Å². The van der Waals surface area contributed by atoms with Gasteiger partial charge in [0, 0.05) is 16.3 Å². The molecule has 0 heterocycles. The number of halogens is 3. The van der Waals surface area contributed by atoms with Gasteiger partial charge in [-0.05, 0) is 36.8 Å². The van der Waals surface area contributed by atoms with Crippen LogP contribution in [0.3, 0.4) is 0 Å². The van der Waals surface area contributed by atoms with Crippen molar-refractivity contribution in [2.24, 2.45) is 0 Å². The molecule has 0 saturated heterocycles. The zero-order chi connectivity index (χ0) is 14.9. The zero-order valence-corrected chi connectivity index (χ0v) is 12.6. The molecule has 6 heteroatoms. The van der Waals surface area contributed by atoms with Crippen molar-refractivity contribution in [3.8, 4) is 5.75 Å². The van der Waals surface area contributed by atoms with E-state index in [4.69, 9.17) is 34.8 Å². The fourth-order valence-corrected chi connectivity index (χ4v) is 2.35. The van der Waals surface area contributed by atoms with Crippen molar-refractivity contribution in [2.45, 2.75) is 6.92 Å². The number of anilines is 1. The van der Waals surface area contributed by atoms with Crippen LogP contribution in [-0.4, -0.2) is 11.0 Å². The van der Waals surface area contributed by atoms with Gasteiger partial charge in [0.2, 0.25) is 0 Å². The summed E-state index contributed by atoms with van der Waals surface area (Å²) in [7, 11) is 0. The Morgan fingerprint density at radius 2 is 1.70 bits per heavy atom. The van der Waals surface area contributed by atoms with Crippen molar-refractivity contribution in [3.05, 3.63) is 56.5 Å². The number of carbonyl (C=O) groups is 1. The molecule has 0 saturated carbocycles. The number of phenolic OH excluding ortho intramolecular Hbond substituents is 1. The van der Waals surface area contributed by atoms with Gasteiger partial charge in [-0.3, -0.25) is 4.79 Å². The fraction of sp³-hybridized carbons (Fsp3) is 0.0714. The monoisotopic (exact) mass is 329 g/mol. The van der Waals surface area contributed by atoms with E-state index in [0.29, 0.717) is 21.8 Å². The molecule has 0 atom stereocenters. The summed E-state index contributed by atoms with van der Waals surface area (Å²) in [5.74, 6) is -0.548. The standard InChI is InChI=1S/C14H10Cl3NO2/c1-7-9(3-2-4-10(7)15)14(20)18-8-5-11(16)13(19)12(17)6-8/h2-6,19H,1H3,(H,18,20). The molecule has 0 radical (unpaired) electrons. The van der Waals surface area contributed by atoms with Gasteiger partial charge in [-0.15, -0.1) is 0 Å². The summed E-state index contributed by atoms with van der Waals surface area (Å²) in [4.78, 5) is 12.2. The van der Waals surface area contributed by atoms with Crippen LogP contribution in [0.25, 0.3) is 0 Å². The first-order valence-electron chi connectivity index (χ1n) is 5.64. The van der Waals surface area contributed by atoms with E-state index in [0.717, 1.165) is 0 Å². The van der Waals surface area contributed by atoms with Gasteiger partial charge in [-0.1, -0.05) is 40.9 Å². The molecule has 20 heavy (non-hydrogen) atoms. The zero-order valence-electron chi connectivity index (χ0n) is 10.4. The molecule has 0 aliphatic heterocycles. The van der Waals surface area contributed by atoms with Crippen LogP contribution in [0.4, 0.5) is 5.69 Å². The fourth-order valence-electron chi connectivity index (χ4n) is 1.69. The highest BCUT2D eigenvalue weighted by molar-refractivity contribution is 6.37. The van der Waals surface area contributed by atoms with E-state index in [1.165, 1.54) is 12.1 Å². The van der Waals surface area contributed by atoms with Crippen LogP contribution in [0.1, 0.15) is 15.9 Å². The summed E-state index contributed by atoms with van der Waals surface area (Å²) >= 11 is 17.6. The van der Waals surface area contributed by atoms with E-state index in [1.807, 2.05) is 0 Å². The number of carbonyl (C=O) groups excluding carboxylic acids is 1. The number of hydrogen-bond donors (Lipinski definition) is 2. The average molecular weight is 331 g/mol. The van der Waals surface area contributed by atoms with Gasteiger partial charge in [-0.25, -0.2) is 0 Å². The van der Waals surface area contributed by atoms with Crippen LogP contribution in [-0.2, 0) is 0 Å². The van der Waals surface area contributed by atoms with Gasteiger partial charge in [0.25, 0.3) is 5.91 Å². The van der Waals surface area contributed by atoms with Gasteiger partial charge in [0.1, 0.15) is 0 Å². The summed E-state index contributed by atoms with van der Waals surface area (Å²) in [6.45, 7) is 1.76. The Balaban J connectivity index is 2.30. The summed E-state index contributed by atoms with van der Waals surface area (Å²) in [6.07, 6.45) is 0. The molecule has 0 aliphatic rings. The Morgan fingerprint density at radius 1 is 1.10 bits per heavy atom. The quantitative estimate of drug-likeness (QED) is 0.768. The Kier molecular flexibility index (Phi) is 4.43. The predicted molar refractivity (Wildman–Crippen MR) is 82.3 cm³/mol. The number of hydrogen-bond acceptors (Lipinski definition) is 2. The third kappa shape index (κ3) is 3.01. The van der Waals surface area contributed by atoms with Crippen LogP contribution in [0.15, 0.2) is 30.3 Å². The minimum absolute atomic E-state index is 0.0654. The van der Waals surface area contributed by atoms with Crippen LogP contribution in [0, 0.1) is 6.92 Å². The van der Waals surface area contributed by atoms with Gasteiger partial charge < -0.3 is 10.4 Å². The average Bonchev–Trinajstić information content (AvgIpc) is 2.39. The Bertz CT molecular complexity index is 663. The second kappa shape index (κ2) is 5.92. The van der Waals surface area contributed by atoms with E-state index < -0.39 is 0 Å².